The van der Waals surface area contributed by atoms with Gasteiger partial charge >= 0.3 is 0 Å². The molecule has 0 saturated carbocycles. The molecule has 0 aliphatic rings. The van der Waals surface area contributed by atoms with Gasteiger partial charge in [0.2, 0.25) is 0 Å². The lowest BCUT2D eigenvalue weighted by Gasteiger charge is -2.27. The van der Waals surface area contributed by atoms with E-state index in [1.165, 1.54) is 27.8 Å². The third kappa shape index (κ3) is 6.02. The predicted octanol–water partition coefficient (Wildman–Crippen LogP) is 8.73. The highest BCUT2D eigenvalue weighted by Crippen LogP contribution is 2.37. The van der Waals surface area contributed by atoms with Crippen LogP contribution < -0.4 is 0 Å². The Kier molecular flexibility index (Phi) is 7.79. The van der Waals surface area contributed by atoms with E-state index in [0.717, 1.165) is 19.3 Å². The Morgan fingerprint density at radius 2 is 0.727 bits per heavy atom. The molecule has 0 saturated heterocycles. The molecule has 4 aromatic rings. The smallest absolute Gasteiger partial charge is 0.0144 e. The van der Waals surface area contributed by atoms with E-state index in [1.54, 1.807) is 5.56 Å². The molecule has 0 spiro atoms. The quantitative estimate of drug-likeness (QED) is 0.248. The predicted molar refractivity (Wildman–Crippen MR) is 142 cm³/mol. The summed E-state index contributed by atoms with van der Waals surface area (Å²) in [6, 6.07) is 39.8. The van der Waals surface area contributed by atoms with Crippen LogP contribution in [0.25, 0.3) is 0 Å². The van der Waals surface area contributed by atoms with Crippen molar-refractivity contribution in [3.8, 4) is 0 Å². The first-order valence-corrected chi connectivity index (χ1v) is 12.4. The Bertz CT molecular complexity index is 1050. The van der Waals surface area contributed by atoms with Crippen molar-refractivity contribution >= 4 is 0 Å². The molecular formula is C33H36. The summed E-state index contributed by atoms with van der Waals surface area (Å²) in [5.74, 6) is 1.42. The van der Waals surface area contributed by atoms with Crippen molar-refractivity contribution in [3.05, 3.63) is 143 Å². The molecule has 3 atom stereocenters. The van der Waals surface area contributed by atoms with Gasteiger partial charge in [0, 0.05) is 0 Å². The Labute approximate surface area is 200 Å². The van der Waals surface area contributed by atoms with E-state index in [4.69, 9.17) is 0 Å². The normalized spacial score (nSPS) is 13.9. The van der Waals surface area contributed by atoms with Gasteiger partial charge in [-0.15, -0.1) is 0 Å². The average Bonchev–Trinajstić information content (AvgIpc) is 2.85. The molecule has 0 aliphatic heterocycles. The zero-order valence-corrected chi connectivity index (χ0v) is 20.2. The van der Waals surface area contributed by atoms with Crippen LogP contribution in [0.4, 0.5) is 0 Å². The summed E-state index contributed by atoms with van der Waals surface area (Å²) < 4.78 is 0. The van der Waals surface area contributed by atoms with E-state index in [9.17, 15) is 0 Å². The summed E-state index contributed by atoms with van der Waals surface area (Å²) in [7, 11) is 0. The fraction of sp³-hybridized carbons (Fsp3) is 0.273. The third-order valence-electron chi connectivity index (χ3n) is 6.88. The van der Waals surface area contributed by atoms with Crippen LogP contribution in [-0.4, -0.2) is 0 Å². The van der Waals surface area contributed by atoms with Gasteiger partial charge in [0.1, 0.15) is 0 Å². The highest BCUT2D eigenvalue weighted by molar-refractivity contribution is 5.44. The van der Waals surface area contributed by atoms with Gasteiger partial charge in [0.05, 0.1) is 0 Å². The minimum atomic E-state index is 0.468. The zero-order chi connectivity index (χ0) is 23.0. The summed E-state index contributed by atoms with van der Waals surface area (Å²) in [4.78, 5) is 0. The maximum Gasteiger partial charge on any atom is -0.0144 e. The molecule has 0 N–H and O–H groups in total. The molecule has 0 aromatic heterocycles. The summed E-state index contributed by atoms with van der Waals surface area (Å²) in [6.45, 7) is 7.21. The standard InChI is InChI=1S/C33H36/c1-25(22-28-14-7-4-8-15-28)31-20-13-21-32(26(2)23-29-16-9-5-10-17-29)33(31)27(3)24-30-18-11-6-12-19-30/h4-21,25-27H,22-24H2,1-3H3. The molecule has 4 aromatic carbocycles. The van der Waals surface area contributed by atoms with Gasteiger partial charge in [0.25, 0.3) is 0 Å². The number of hydrogen-bond donors (Lipinski definition) is 0. The SMILES string of the molecule is CC(Cc1ccccc1)c1cccc(C(C)Cc2ccccc2)c1C(C)Cc1ccccc1. The molecule has 4 rings (SSSR count). The van der Waals surface area contributed by atoms with Gasteiger partial charge < -0.3 is 0 Å². The van der Waals surface area contributed by atoms with Crippen molar-refractivity contribution in [2.24, 2.45) is 0 Å². The van der Waals surface area contributed by atoms with Crippen LogP contribution in [0.2, 0.25) is 0 Å². The van der Waals surface area contributed by atoms with E-state index in [1.807, 2.05) is 0 Å². The molecule has 0 amide bonds. The number of hydrogen-bond acceptors (Lipinski definition) is 0. The highest BCUT2D eigenvalue weighted by atomic mass is 14.3. The number of benzene rings is 4. The molecule has 0 radical (unpaired) electrons. The number of rotatable bonds is 9. The first kappa shape index (κ1) is 23.1. The van der Waals surface area contributed by atoms with Crippen LogP contribution in [0, 0.1) is 0 Å². The van der Waals surface area contributed by atoms with E-state index >= 15 is 0 Å². The van der Waals surface area contributed by atoms with Crippen LogP contribution in [0.5, 0.6) is 0 Å². The van der Waals surface area contributed by atoms with Gasteiger partial charge in [-0.3, -0.25) is 0 Å². The van der Waals surface area contributed by atoms with E-state index < -0.39 is 0 Å². The molecule has 0 bridgehead atoms. The van der Waals surface area contributed by atoms with Crippen molar-refractivity contribution in [1.29, 1.82) is 0 Å². The monoisotopic (exact) mass is 432 g/mol. The molecule has 3 unspecified atom stereocenters. The molecule has 33 heavy (non-hydrogen) atoms. The topological polar surface area (TPSA) is 0 Å². The lowest BCUT2D eigenvalue weighted by molar-refractivity contribution is 0.665. The fourth-order valence-electron chi connectivity index (χ4n) is 5.26. The maximum absolute atomic E-state index is 2.42. The van der Waals surface area contributed by atoms with Crippen molar-refractivity contribution < 1.29 is 0 Å². The summed E-state index contributed by atoms with van der Waals surface area (Å²) >= 11 is 0. The van der Waals surface area contributed by atoms with Crippen molar-refractivity contribution in [2.75, 3.05) is 0 Å². The summed E-state index contributed by atoms with van der Waals surface area (Å²) in [5.41, 5.74) is 8.83. The Morgan fingerprint density at radius 1 is 0.394 bits per heavy atom. The lowest BCUT2D eigenvalue weighted by Crippen LogP contribution is -2.13. The van der Waals surface area contributed by atoms with Crippen molar-refractivity contribution in [3.63, 3.8) is 0 Å². The van der Waals surface area contributed by atoms with E-state index in [2.05, 4.69) is 130 Å². The van der Waals surface area contributed by atoms with Crippen molar-refractivity contribution in [1.82, 2.24) is 0 Å². The Morgan fingerprint density at radius 3 is 1.09 bits per heavy atom. The molecule has 0 heterocycles. The first-order valence-electron chi connectivity index (χ1n) is 12.4. The minimum Gasteiger partial charge on any atom is -0.0622 e. The van der Waals surface area contributed by atoms with Crippen molar-refractivity contribution in [2.45, 2.75) is 57.8 Å². The first-order chi connectivity index (χ1) is 16.1. The fourth-order valence-corrected chi connectivity index (χ4v) is 5.26. The molecule has 0 nitrogen and oxygen atoms in total. The maximum atomic E-state index is 2.42. The van der Waals surface area contributed by atoms with Crippen LogP contribution in [0.15, 0.2) is 109 Å². The molecular weight excluding hydrogens is 396 g/mol. The van der Waals surface area contributed by atoms with E-state index in [0.29, 0.717) is 17.8 Å². The van der Waals surface area contributed by atoms with E-state index in [-0.39, 0.29) is 0 Å². The third-order valence-corrected chi connectivity index (χ3v) is 6.88. The second-order valence-corrected chi connectivity index (χ2v) is 9.62. The van der Waals surface area contributed by atoms with Crippen LogP contribution in [0.1, 0.15) is 71.9 Å². The Balaban J connectivity index is 1.69. The van der Waals surface area contributed by atoms with Gasteiger partial charge in [-0.2, -0.15) is 0 Å². The van der Waals surface area contributed by atoms with Gasteiger partial charge in [-0.1, -0.05) is 130 Å². The van der Waals surface area contributed by atoms with Crippen LogP contribution >= 0.6 is 0 Å². The second kappa shape index (κ2) is 11.1. The van der Waals surface area contributed by atoms with Gasteiger partial charge in [0.15, 0.2) is 0 Å². The molecule has 0 heteroatoms. The second-order valence-electron chi connectivity index (χ2n) is 9.62. The van der Waals surface area contributed by atoms with Gasteiger partial charge in [-0.25, -0.2) is 0 Å². The molecule has 0 aliphatic carbocycles. The minimum absolute atomic E-state index is 0.468. The summed E-state index contributed by atoms with van der Waals surface area (Å²) in [6.07, 6.45) is 3.21. The molecule has 0 fully saturated rings. The summed E-state index contributed by atoms with van der Waals surface area (Å²) in [5, 5.41) is 0. The van der Waals surface area contributed by atoms with Gasteiger partial charge in [-0.05, 0) is 70.4 Å². The highest BCUT2D eigenvalue weighted by Gasteiger charge is 2.22. The Hall–Kier alpha value is -3.12. The molecule has 168 valence electrons. The van der Waals surface area contributed by atoms with Crippen LogP contribution in [0.3, 0.4) is 0 Å². The van der Waals surface area contributed by atoms with Crippen LogP contribution in [-0.2, 0) is 19.3 Å². The lowest BCUT2D eigenvalue weighted by atomic mass is 9.77. The zero-order valence-electron chi connectivity index (χ0n) is 20.2. The average molecular weight is 433 g/mol. The largest absolute Gasteiger partial charge is 0.0622 e.